The van der Waals surface area contributed by atoms with E-state index in [-0.39, 0.29) is 12.4 Å². The Balaban J connectivity index is 0. The van der Waals surface area contributed by atoms with Crippen LogP contribution in [0.3, 0.4) is 0 Å². The molecule has 0 amide bonds. The Hall–Kier alpha value is -0.790. The summed E-state index contributed by atoms with van der Waals surface area (Å²) >= 11 is 0. The van der Waals surface area contributed by atoms with Gasteiger partial charge in [0.05, 0.1) is 21.1 Å². The second kappa shape index (κ2) is 6.70. The molecule has 0 bridgehead atoms. The lowest BCUT2D eigenvalue weighted by atomic mass is 10.3. The van der Waals surface area contributed by atoms with E-state index in [9.17, 15) is 0 Å². The number of rotatable bonds is 1. The number of hydrogen-bond acceptors (Lipinski definition) is 0. The summed E-state index contributed by atoms with van der Waals surface area (Å²) in [6.45, 7) is 6.00. The Bertz CT molecular complexity index is 213. The highest BCUT2D eigenvalue weighted by molar-refractivity contribution is 5.40. The Morgan fingerprint density at radius 1 is 0.923 bits per heavy atom. The fourth-order valence-corrected chi connectivity index (χ4v) is 0.875. The topological polar surface area (TPSA) is 0 Å². The predicted octanol–water partition coefficient (Wildman–Crippen LogP) is -0.310. The van der Waals surface area contributed by atoms with E-state index in [2.05, 4.69) is 58.6 Å². The smallest absolute Gasteiger partial charge is 0.132 e. The summed E-state index contributed by atoms with van der Waals surface area (Å²) in [5, 5.41) is 0. The molecule has 0 aliphatic heterocycles. The van der Waals surface area contributed by atoms with Crippen LogP contribution in [0.15, 0.2) is 43.5 Å². The molecule has 1 rings (SSSR count). The highest BCUT2D eigenvalue weighted by atomic mass is 35.5. The van der Waals surface area contributed by atoms with E-state index in [1.54, 1.807) is 0 Å². The van der Waals surface area contributed by atoms with Crippen LogP contribution in [0.1, 0.15) is 0 Å². The molecule has 0 radical (unpaired) electrons. The molecule has 0 unspecified atom stereocenters. The molecule has 0 saturated heterocycles. The first-order valence-corrected chi connectivity index (χ1v) is 3.98. The minimum Gasteiger partial charge on any atom is -1.00 e. The zero-order valence-electron chi connectivity index (χ0n) is 8.63. The Labute approximate surface area is 87.7 Å². The fourth-order valence-electron chi connectivity index (χ4n) is 0.875. The standard InChI is InChI=1S/C9H14N.C2H4.ClH/c1-10(2,3)9-7-5-4-6-8-9;1-2;/h4-8H,1-3H3;1-2H2;1H/q+1;;/p-1. The van der Waals surface area contributed by atoms with Crippen LogP contribution in [0.2, 0.25) is 0 Å². The molecular formula is C11H18ClN. The van der Waals surface area contributed by atoms with Crippen molar-refractivity contribution in [3.63, 3.8) is 0 Å². The molecule has 1 aromatic rings. The Kier molecular flexibility index (Phi) is 7.58. The van der Waals surface area contributed by atoms with Gasteiger partial charge in [-0.1, -0.05) is 18.2 Å². The molecule has 0 atom stereocenters. The highest BCUT2D eigenvalue weighted by Crippen LogP contribution is 2.14. The van der Waals surface area contributed by atoms with Crippen LogP contribution in [-0.2, 0) is 0 Å². The van der Waals surface area contributed by atoms with Gasteiger partial charge in [0.1, 0.15) is 5.69 Å². The van der Waals surface area contributed by atoms with Gasteiger partial charge in [0.15, 0.2) is 0 Å². The second-order valence-electron chi connectivity index (χ2n) is 3.35. The number of nitrogens with zero attached hydrogens (tertiary/aromatic N) is 1. The van der Waals surface area contributed by atoms with Crippen molar-refractivity contribution in [3.8, 4) is 0 Å². The van der Waals surface area contributed by atoms with E-state index in [1.807, 2.05) is 6.07 Å². The van der Waals surface area contributed by atoms with Crippen molar-refractivity contribution in [2.75, 3.05) is 21.1 Å². The summed E-state index contributed by atoms with van der Waals surface area (Å²) in [5.41, 5.74) is 1.34. The van der Waals surface area contributed by atoms with Crippen molar-refractivity contribution in [3.05, 3.63) is 43.5 Å². The average Bonchev–Trinajstić information content (AvgIpc) is 2.08. The molecule has 0 aromatic heterocycles. The molecule has 0 N–H and O–H groups in total. The van der Waals surface area contributed by atoms with Crippen LogP contribution in [0.25, 0.3) is 0 Å². The highest BCUT2D eigenvalue weighted by Gasteiger charge is 2.08. The lowest BCUT2D eigenvalue weighted by Crippen LogP contribution is -3.00. The van der Waals surface area contributed by atoms with E-state index < -0.39 is 0 Å². The van der Waals surface area contributed by atoms with Gasteiger partial charge in [-0.05, 0) is 12.1 Å². The molecule has 74 valence electrons. The Morgan fingerprint density at radius 2 is 1.31 bits per heavy atom. The molecule has 0 aliphatic carbocycles. The van der Waals surface area contributed by atoms with Crippen molar-refractivity contribution in [2.24, 2.45) is 0 Å². The van der Waals surface area contributed by atoms with Gasteiger partial charge in [0.2, 0.25) is 0 Å². The maximum atomic E-state index is 3.00. The summed E-state index contributed by atoms with van der Waals surface area (Å²) in [5.74, 6) is 0. The number of halogens is 1. The van der Waals surface area contributed by atoms with Crippen molar-refractivity contribution in [1.29, 1.82) is 0 Å². The molecule has 1 nitrogen and oxygen atoms in total. The van der Waals surface area contributed by atoms with E-state index in [1.165, 1.54) is 5.69 Å². The third kappa shape index (κ3) is 5.45. The first kappa shape index (κ1) is 14.7. The minimum absolute atomic E-state index is 0. The van der Waals surface area contributed by atoms with Crippen LogP contribution < -0.4 is 16.9 Å². The minimum atomic E-state index is 0. The SMILES string of the molecule is C=C.C[N+](C)(C)c1ccccc1.[Cl-]. The lowest BCUT2D eigenvalue weighted by Gasteiger charge is -2.22. The summed E-state index contributed by atoms with van der Waals surface area (Å²) in [6, 6.07) is 10.5. The van der Waals surface area contributed by atoms with Gasteiger partial charge in [-0.15, -0.1) is 13.2 Å². The first-order chi connectivity index (χ1) is 5.61. The average molecular weight is 200 g/mol. The number of benzene rings is 1. The molecule has 1 aromatic carbocycles. The maximum absolute atomic E-state index is 3.00. The molecular weight excluding hydrogens is 182 g/mol. The molecule has 0 heterocycles. The van der Waals surface area contributed by atoms with Crippen LogP contribution in [0.4, 0.5) is 5.69 Å². The first-order valence-electron chi connectivity index (χ1n) is 3.98. The van der Waals surface area contributed by atoms with E-state index >= 15 is 0 Å². The van der Waals surface area contributed by atoms with Gasteiger partial charge < -0.3 is 12.4 Å². The van der Waals surface area contributed by atoms with Gasteiger partial charge in [0, 0.05) is 0 Å². The van der Waals surface area contributed by atoms with Crippen LogP contribution >= 0.6 is 0 Å². The maximum Gasteiger partial charge on any atom is 0.132 e. The normalized spacial score (nSPS) is 9.15. The van der Waals surface area contributed by atoms with Crippen LogP contribution in [0, 0.1) is 0 Å². The Morgan fingerprint density at radius 3 is 1.54 bits per heavy atom. The van der Waals surface area contributed by atoms with E-state index in [0.29, 0.717) is 0 Å². The predicted molar refractivity (Wildman–Crippen MR) is 57.3 cm³/mol. The van der Waals surface area contributed by atoms with Gasteiger partial charge in [0.25, 0.3) is 0 Å². The summed E-state index contributed by atoms with van der Waals surface area (Å²) in [7, 11) is 6.49. The van der Waals surface area contributed by atoms with Crippen molar-refractivity contribution in [1.82, 2.24) is 4.48 Å². The van der Waals surface area contributed by atoms with Gasteiger partial charge >= 0.3 is 0 Å². The van der Waals surface area contributed by atoms with Gasteiger partial charge in [-0.25, -0.2) is 0 Å². The quantitative estimate of drug-likeness (QED) is 0.430. The van der Waals surface area contributed by atoms with Crippen molar-refractivity contribution in [2.45, 2.75) is 0 Å². The molecule has 0 saturated carbocycles. The van der Waals surface area contributed by atoms with Crippen molar-refractivity contribution >= 4 is 5.69 Å². The lowest BCUT2D eigenvalue weighted by molar-refractivity contribution is -0.00000282. The second-order valence-corrected chi connectivity index (χ2v) is 3.35. The monoisotopic (exact) mass is 199 g/mol. The molecule has 2 heteroatoms. The molecule has 0 aliphatic rings. The molecule has 13 heavy (non-hydrogen) atoms. The third-order valence-corrected chi connectivity index (χ3v) is 1.53. The summed E-state index contributed by atoms with van der Waals surface area (Å²) < 4.78 is 0.890. The largest absolute Gasteiger partial charge is 1.00 e. The van der Waals surface area contributed by atoms with Gasteiger partial charge in [-0.3, -0.25) is 4.48 Å². The van der Waals surface area contributed by atoms with Crippen LogP contribution in [0.5, 0.6) is 0 Å². The number of para-hydroxylation sites is 1. The number of quaternary nitrogens is 1. The van der Waals surface area contributed by atoms with Crippen LogP contribution in [-0.4, -0.2) is 21.1 Å². The third-order valence-electron chi connectivity index (χ3n) is 1.53. The van der Waals surface area contributed by atoms with E-state index in [4.69, 9.17) is 0 Å². The number of hydrogen-bond donors (Lipinski definition) is 0. The fraction of sp³-hybridized carbons (Fsp3) is 0.273. The summed E-state index contributed by atoms with van der Waals surface area (Å²) in [4.78, 5) is 0. The van der Waals surface area contributed by atoms with E-state index in [0.717, 1.165) is 4.48 Å². The zero-order valence-corrected chi connectivity index (χ0v) is 9.38. The summed E-state index contributed by atoms with van der Waals surface area (Å²) in [6.07, 6.45) is 0. The molecule has 0 fully saturated rings. The zero-order chi connectivity index (χ0) is 9.61. The molecule has 0 spiro atoms. The van der Waals surface area contributed by atoms with Crippen molar-refractivity contribution < 1.29 is 12.4 Å². The van der Waals surface area contributed by atoms with Gasteiger partial charge in [-0.2, -0.15) is 0 Å².